The fraction of sp³-hybridized carbons (Fsp3) is 0.545. The van der Waals surface area contributed by atoms with Crippen LogP contribution in [0, 0.1) is 6.92 Å². The first-order valence-electron chi connectivity index (χ1n) is 4.61. The Balaban J connectivity index is 3.05. The van der Waals surface area contributed by atoms with E-state index in [0.29, 0.717) is 5.92 Å². The van der Waals surface area contributed by atoms with Crippen molar-refractivity contribution in [2.75, 3.05) is 0 Å². The molecule has 0 aromatic carbocycles. The van der Waals surface area contributed by atoms with Crippen molar-refractivity contribution in [3.63, 3.8) is 0 Å². The van der Waals surface area contributed by atoms with Gasteiger partial charge in [-0.05, 0) is 30.9 Å². The Hall–Kier alpha value is -0.850. The van der Waals surface area contributed by atoms with Crippen LogP contribution in [0.25, 0.3) is 0 Å². The highest BCUT2D eigenvalue weighted by Crippen LogP contribution is 2.14. The number of hydrogen-bond donors (Lipinski definition) is 0. The van der Waals surface area contributed by atoms with E-state index in [-0.39, 0.29) is 0 Å². The SMILES string of the molecule is CCc1nc(C(C)C)ccc1C. The number of aryl methyl sites for hydroxylation is 2. The topological polar surface area (TPSA) is 12.9 Å². The first kappa shape index (κ1) is 9.24. The molecule has 1 rings (SSSR count). The van der Waals surface area contributed by atoms with Crippen LogP contribution >= 0.6 is 0 Å². The fourth-order valence-electron chi connectivity index (χ4n) is 1.27. The van der Waals surface area contributed by atoms with Gasteiger partial charge in [0.2, 0.25) is 0 Å². The molecule has 1 heterocycles. The summed E-state index contributed by atoms with van der Waals surface area (Å²) in [5.41, 5.74) is 3.75. The lowest BCUT2D eigenvalue weighted by Gasteiger charge is -2.08. The van der Waals surface area contributed by atoms with Crippen molar-refractivity contribution >= 4 is 0 Å². The molecule has 0 saturated carbocycles. The summed E-state index contributed by atoms with van der Waals surface area (Å²) in [5, 5.41) is 0. The standard InChI is InChI=1S/C11H17N/c1-5-10-9(4)6-7-11(12-10)8(2)3/h6-8H,5H2,1-4H3. The van der Waals surface area contributed by atoms with Crippen LogP contribution in [0.2, 0.25) is 0 Å². The van der Waals surface area contributed by atoms with Gasteiger partial charge in [0.15, 0.2) is 0 Å². The minimum absolute atomic E-state index is 0.538. The summed E-state index contributed by atoms with van der Waals surface area (Å²) < 4.78 is 0. The molecule has 0 aliphatic heterocycles. The number of rotatable bonds is 2. The maximum Gasteiger partial charge on any atom is 0.0433 e. The zero-order chi connectivity index (χ0) is 9.14. The van der Waals surface area contributed by atoms with Crippen LogP contribution in [-0.4, -0.2) is 4.98 Å². The predicted molar refractivity (Wildman–Crippen MR) is 52.4 cm³/mol. The van der Waals surface area contributed by atoms with Gasteiger partial charge in [-0.25, -0.2) is 0 Å². The third-order valence-corrected chi connectivity index (χ3v) is 2.15. The number of hydrogen-bond acceptors (Lipinski definition) is 1. The first-order valence-corrected chi connectivity index (χ1v) is 4.61. The van der Waals surface area contributed by atoms with Crippen molar-refractivity contribution in [1.82, 2.24) is 4.98 Å². The van der Waals surface area contributed by atoms with Gasteiger partial charge >= 0.3 is 0 Å². The van der Waals surface area contributed by atoms with Crippen LogP contribution in [-0.2, 0) is 6.42 Å². The van der Waals surface area contributed by atoms with Crippen molar-refractivity contribution in [3.8, 4) is 0 Å². The van der Waals surface area contributed by atoms with E-state index in [1.807, 2.05) is 0 Å². The van der Waals surface area contributed by atoms with E-state index in [1.54, 1.807) is 0 Å². The molecule has 12 heavy (non-hydrogen) atoms. The lowest BCUT2D eigenvalue weighted by atomic mass is 10.1. The molecular weight excluding hydrogens is 146 g/mol. The van der Waals surface area contributed by atoms with E-state index >= 15 is 0 Å². The Kier molecular flexibility index (Phi) is 2.85. The third kappa shape index (κ3) is 1.84. The molecule has 1 heteroatoms. The van der Waals surface area contributed by atoms with E-state index < -0.39 is 0 Å². The summed E-state index contributed by atoms with van der Waals surface area (Å²) in [6.07, 6.45) is 1.03. The summed E-state index contributed by atoms with van der Waals surface area (Å²) in [6.45, 7) is 8.63. The lowest BCUT2D eigenvalue weighted by Crippen LogP contribution is -1.98. The van der Waals surface area contributed by atoms with Gasteiger partial charge in [0.25, 0.3) is 0 Å². The van der Waals surface area contributed by atoms with Gasteiger partial charge < -0.3 is 0 Å². The summed E-state index contributed by atoms with van der Waals surface area (Å²) in [6, 6.07) is 4.29. The second-order valence-corrected chi connectivity index (χ2v) is 3.51. The molecule has 1 nitrogen and oxygen atoms in total. The minimum Gasteiger partial charge on any atom is -0.257 e. The summed E-state index contributed by atoms with van der Waals surface area (Å²) >= 11 is 0. The number of pyridine rings is 1. The molecule has 1 aromatic heterocycles. The van der Waals surface area contributed by atoms with Crippen LogP contribution in [0.1, 0.15) is 43.6 Å². The molecule has 0 unspecified atom stereocenters. The minimum atomic E-state index is 0.538. The summed E-state index contributed by atoms with van der Waals surface area (Å²) in [4.78, 5) is 4.59. The van der Waals surface area contributed by atoms with Crippen LogP contribution in [0.5, 0.6) is 0 Å². The Labute approximate surface area is 74.8 Å². The van der Waals surface area contributed by atoms with Crippen molar-refractivity contribution in [2.24, 2.45) is 0 Å². The van der Waals surface area contributed by atoms with Gasteiger partial charge in [0.05, 0.1) is 0 Å². The Morgan fingerprint density at radius 1 is 1.33 bits per heavy atom. The summed E-state index contributed by atoms with van der Waals surface area (Å²) in [5.74, 6) is 0.538. The van der Waals surface area contributed by atoms with E-state index in [2.05, 4.69) is 44.8 Å². The summed E-state index contributed by atoms with van der Waals surface area (Å²) in [7, 11) is 0. The quantitative estimate of drug-likeness (QED) is 0.653. The van der Waals surface area contributed by atoms with Crippen molar-refractivity contribution in [1.29, 1.82) is 0 Å². The normalized spacial score (nSPS) is 10.8. The van der Waals surface area contributed by atoms with Crippen LogP contribution in [0.4, 0.5) is 0 Å². The first-order chi connectivity index (χ1) is 5.65. The molecule has 0 bridgehead atoms. The maximum atomic E-state index is 4.59. The molecule has 66 valence electrons. The van der Waals surface area contributed by atoms with Crippen LogP contribution in [0.15, 0.2) is 12.1 Å². The van der Waals surface area contributed by atoms with Crippen molar-refractivity contribution in [2.45, 2.75) is 40.0 Å². The lowest BCUT2D eigenvalue weighted by molar-refractivity contribution is 0.803. The highest BCUT2D eigenvalue weighted by atomic mass is 14.7. The Morgan fingerprint density at radius 2 is 2.00 bits per heavy atom. The average Bonchev–Trinajstić information content (AvgIpc) is 2.05. The molecule has 0 aliphatic rings. The van der Waals surface area contributed by atoms with E-state index in [9.17, 15) is 0 Å². The third-order valence-electron chi connectivity index (χ3n) is 2.15. The molecule has 0 radical (unpaired) electrons. The highest BCUT2D eigenvalue weighted by molar-refractivity contribution is 5.22. The monoisotopic (exact) mass is 163 g/mol. The van der Waals surface area contributed by atoms with Gasteiger partial charge in [0.1, 0.15) is 0 Å². The molecule has 0 spiro atoms. The molecule has 1 aromatic rings. The molecule has 0 aliphatic carbocycles. The van der Waals surface area contributed by atoms with Gasteiger partial charge in [-0.15, -0.1) is 0 Å². The molecule has 0 N–H and O–H groups in total. The molecule has 0 saturated heterocycles. The van der Waals surface area contributed by atoms with E-state index in [1.165, 1.54) is 17.0 Å². The second-order valence-electron chi connectivity index (χ2n) is 3.51. The van der Waals surface area contributed by atoms with Crippen LogP contribution < -0.4 is 0 Å². The highest BCUT2D eigenvalue weighted by Gasteiger charge is 2.03. The van der Waals surface area contributed by atoms with E-state index in [4.69, 9.17) is 0 Å². The Bertz CT molecular complexity index is 264. The largest absolute Gasteiger partial charge is 0.257 e. The average molecular weight is 163 g/mol. The van der Waals surface area contributed by atoms with Crippen molar-refractivity contribution in [3.05, 3.63) is 29.1 Å². The maximum absolute atomic E-state index is 4.59. The fourth-order valence-corrected chi connectivity index (χ4v) is 1.27. The zero-order valence-electron chi connectivity index (χ0n) is 8.39. The molecular formula is C11H17N. The smallest absolute Gasteiger partial charge is 0.0433 e. The predicted octanol–water partition coefficient (Wildman–Crippen LogP) is 3.08. The number of nitrogens with zero attached hydrogens (tertiary/aromatic N) is 1. The molecule has 0 atom stereocenters. The van der Waals surface area contributed by atoms with Gasteiger partial charge in [-0.2, -0.15) is 0 Å². The van der Waals surface area contributed by atoms with Gasteiger partial charge in [-0.1, -0.05) is 26.8 Å². The van der Waals surface area contributed by atoms with Gasteiger partial charge in [-0.3, -0.25) is 4.98 Å². The van der Waals surface area contributed by atoms with Crippen LogP contribution in [0.3, 0.4) is 0 Å². The van der Waals surface area contributed by atoms with E-state index in [0.717, 1.165) is 6.42 Å². The van der Waals surface area contributed by atoms with Gasteiger partial charge in [0, 0.05) is 11.4 Å². The number of aromatic nitrogens is 1. The molecule has 0 fully saturated rings. The zero-order valence-corrected chi connectivity index (χ0v) is 8.39. The van der Waals surface area contributed by atoms with Crippen molar-refractivity contribution < 1.29 is 0 Å². The second kappa shape index (κ2) is 3.70. The molecule has 0 amide bonds. The Morgan fingerprint density at radius 3 is 2.50 bits per heavy atom.